The molecule has 0 aromatic heterocycles. The summed E-state index contributed by atoms with van der Waals surface area (Å²) >= 11 is 0. The maximum atomic E-state index is 12.2. The van der Waals surface area contributed by atoms with E-state index in [9.17, 15) is 4.79 Å². The van der Waals surface area contributed by atoms with Crippen LogP contribution in [-0.4, -0.2) is 5.91 Å². The predicted octanol–water partition coefficient (Wildman–Crippen LogP) is 3.57. The van der Waals surface area contributed by atoms with Crippen molar-refractivity contribution in [2.75, 3.05) is 5.32 Å². The number of carbonyl (C=O) groups is 1. The van der Waals surface area contributed by atoms with Crippen LogP contribution in [0.2, 0.25) is 0 Å². The van der Waals surface area contributed by atoms with Crippen molar-refractivity contribution in [1.29, 1.82) is 0 Å². The first-order valence-corrected chi connectivity index (χ1v) is 6.59. The van der Waals surface area contributed by atoms with Crippen molar-refractivity contribution in [2.24, 2.45) is 0 Å². The third kappa shape index (κ3) is 1.43. The molecule has 17 heavy (non-hydrogen) atoms. The molecule has 0 bridgehead atoms. The molecular formula is C15H19NO. The number of fused-ring (bicyclic) bond motifs is 2. The summed E-state index contributed by atoms with van der Waals surface area (Å²) in [7, 11) is 0. The normalized spacial score (nSPS) is 21.0. The lowest BCUT2D eigenvalue weighted by Gasteiger charge is -2.20. The first kappa shape index (κ1) is 10.8. The fourth-order valence-electron chi connectivity index (χ4n) is 3.28. The fraction of sp³-hybridized carbons (Fsp3) is 0.533. The second-order valence-corrected chi connectivity index (χ2v) is 5.70. The maximum Gasteiger partial charge on any atom is 0.235 e. The molecule has 2 heteroatoms. The van der Waals surface area contributed by atoms with Crippen molar-refractivity contribution >= 4 is 11.6 Å². The van der Waals surface area contributed by atoms with Gasteiger partial charge in [0.05, 0.1) is 5.41 Å². The molecule has 1 heterocycles. The van der Waals surface area contributed by atoms with Crippen LogP contribution in [0, 0.1) is 0 Å². The Morgan fingerprint density at radius 1 is 1.24 bits per heavy atom. The van der Waals surface area contributed by atoms with Gasteiger partial charge in [-0.25, -0.2) is 0 Å². The van der Waals surface area contributed by atoms with Crippen molar-refractivity contribution in [3.05, 3.63) is 29.3 Å². The largest absolute Gasteiger partial charge is 0.325 e. The van der Waals surface area contributed by atoms with Gasteiger partial charge in [0.2, 0.25) is 5.91 Å². The Balaban J connectivity index is 2.09. The Morgan fingerprint density at radius 2 is 1.94 bits per heavy atom. The third-order valence-electron chi connectivity index (χ3n) is 4.37. The maximum absolute atomic E-state index is 12.2. The molecule has 2 aliphatic rings. The molecule has 1 aromatic carbocycles. The van der Waals surface area contributed by atoms with Crippen LogP contribution in [-0.2, 0) is 10.2 Å². The molecule has 3 rings (SSSR count). The van der Waals surface area contributed by atoms with Gasteiger partial charge in [-0.05, 0) is 36.0 Å². The molecule has 1 fully saturated rings. The molecule has 0 atom stereocenters. The molecule has 1 spiro atoms. The van der Waals surface area contributed by atoms with E-state index >= 15 is 0 Å². The average molecular weight is 229 g/mol. The number of rotatable bonds is 1. The predicted molar refractivity (Wildman–Crippen MR) is 69.3 cm³/mol. The van der Waals surface area contributed by atoms with E-state index in [2.05, 4.69) is 37.4 Å². The molecule has 1 saturated carbocycles. The van der Waals surface area contributed by atoms with E-state index in [1.807, 2.05) is 0 Å². The second-order valence-electron chi connectivity index (χ2n) is 5.70. The van der Waals surface area contributed by atoms with Crippen LogP contribution in [0.5, 0.6) is 0 Å². The van der Waals surface area contributed by atoms with Gasteiger partial charge >= 0.3 is 0 Å². The van der Waals surface area contributed by atoms with Crippen LogP contribution in [0.25, 0.3) is 0 Å². The standard InChI is InChI=1S/C15H19NO/c1-10(2)11-5-6-12-13(9-11)16-14(17)15(12)7-3-4-8-15/h5-6,9-10H,3-4,7-8H2,1-2H3,(H,16,17). The minimum Gasteiger partial charge on any atom is -0.325 e. The molecule has 1 N–H and O–H groups in total. The van der Waals surface area contributed by atoms with Crippen molar-refractivity contribution < 1.29 is 4.79 Å². The van der Waals surface area contributed by atoms with Crippen molar-refractivity contribution in [2.45, 2.75) is 50.9 Å². The van der Waals surface area contributed by atoms with Gasteiger partial charge in [0, 0.05) is 5.69 Å². The monoisotopic (exact) mass is 229 g/mol. The molecular weight excluding hydrogens is 210 g/mol. The van der Waals surface area contributed by atoms with Gasteiger partial charge in [-0.1, -0.05) is 38.8 Å². The molecule has 1 amide bonds. The minimum absolute atomic E-state index is 0.190. The highest BCUT2D eigenvalue weighted by Gasteiger charge is 2.48. The van der Waals surface area contributed by atoms with Crippen LogP contribution in [0.3, 0.4) is 0 Å². The van der Waals surface area contributed by atoms with Gasteiger partial charge < -0.3 is 5.32 Å². The lowest BCUT2D eigenvalue weighted by Crippen LogP contribution is -2.30. The first-order valence-electron chi connectivity index (χ1n) is 6.59. The van der Waals surface area contributed by atoms with Crippen LogP contribution >= 0.6 is 0 Å². The Kier molecular flexibility index (Phi) is 2.29. The number of amides is 1. The van der Waals surface area contributed by atoms with Crippen molar-refractivity contribution in [3.63, 3.8) is 0 Å². The Labute approximate surface area is 102 Å². The highest BCUT2D eigenvalue weighted by molar-refractivity contribution is 6.06. The number of hydrogen-bond donors (Lipinski definition) is 1. The molecule has 90 valence electrons. The average Bonchev–Trinajstić information content (AvgIpc) is 2.87. The summed E-state index contributed by atoms with van der Waals surface area (Å²) < 4.78 is 0. The van der Waals surface area contributed by atoms with Gasteiger partial charge in [-0.3, -0.25) is 4.79 Å². The third-order valence-corrected chi connectivity index (χ3v) is 4.37. The van der Waals surface area contributed by atoms with Gasteiger partial charge in [0.15, 0.2) is 0 Å². The van der Waals surface area contributed by atoms with Crippen molar-refractivity contribution in [1.82, 2.24) is 0 Å². The molecule has 0 saturated heterocycles. The van der Waals surface area contributed by atoms with E-state index in [0.29, 0.717) is 5.92 Å². The summed E-state index contributed by atoms with van der Waals surface area (Å²) in [6, 6.07) is 6.52. The zero-order valence-corrected chi connectivity index (χ0v) is 10.5. The summed E-state index contributed by atoms with van der Waals surface area (Å²) in [6.45, 7) is 4.37. The van der Waals surface area contributed by atoms with E-state index in [1.54, 1.807) is 0 Å². The van der Waals surface area contributed by atoms with Crippen LogP contribution < -0.4 is 5.32 Å². The van der Waals surface area contributed by atoms with Crippen LogP contribution in [0.4, 0.5) is 5.69 Å². The van der Waals surface area contributed by atoms with Gasteiger partial charge in [-0.2, -0.15) is 0 Å². The molecule has 2 nitrogen and oxygen atoms in total. The number of hydrogen-bond acceptors (Lipinski definition) is 1. The van der Waals surface area contributed by atoms with E-state index in [-0.39, 0.29) is 11.3 Å². The summed E-state index contributed by atoms with van der Waals surface area (Å²) in [5.74, 6) is 0.739. The van der Waals surface area contributed by atoms with E-state index in [1.165, 1.54) is 24.0 Å². The molecule has 1 aliphatic heterocycles. The number of anilines is 1. The SMILES string of the molecule is CC(C)c1ccc2c(c1)NC(=O)C21CCCC1. The van der Waals surface area contributed by atoms with E-state index in [4.69, 9.17) is 0 Å². The lowest BCUT2D eigenvalue weighted by atomic mass is 9.79. The molecule has 0 unspecified atom stereocenters. The zero-order chi connectivity index (χ0) is 12.0. The van der Waals surface area contributed by atoms with Gasteiger partial charge in [-0.15, -0.1) is 0 Å². The molecule has 1 aromatic rings. The Hall–Kier alpha value is -1.31. The highest BCUT2D eigenvalue weighted by Crippen LogP contribution is 2.49. The summed E-state index contributed by atoms with van der Waals surface area (Å²) in [6.07, 6.45) is 4.40. The minimum atomic E-state index is -0.190. The fourth-order valence-corrected chi connectivity index (χ4v) is 3.28. The highest BCUT2D eigenvalue weighted by atomic mass is 16.2. The lowest BCUT2D eigenvalue weighted by molar-refractivity contribution is -0.120. The number of nitrogens with one attached hydrogen (secondary N) is 1. The molecule has 1 aliphatic carbocycles. The smallest absolute Gasteiger partial charge is 0.235 e. The van der Waals surface area contributed by atoms with Crippen LogP contribution in [0.1, 0.15) is 56.6 Å². The summed E-state index contributed by atoms with van der Waals surface area (Å²) in [5, 5.41) is 3.09. The quantitative estimate of drug-likeness (QED) is 0.783. The van der Waals surface area contributed by atoms with Crippen molar-refractivity contribution in [3.8, 4) is 0 Å². The van der Waals surface area contributed by atoms with Gasteiger partial charge in [0.1, 0.15) is 0 Å². The summed E-state index contributed by atoms with van der Waals surface area (Å²) in [5.41, 5.74) is 3.41. The van der Waals surface area contributed by atoms with E-state index < -0.39 is 0 Å². The molecule has 0 radical (unpaired) electrons. The van der Waals surface area contributed by atoms with Crippen LogP contribution in [0.15, 0.2) is 18.2 Å². The number of benzene rings is 1. The van der Waals surface area contributed by atoms with E-state index in [0.717, 1.165) is 18.5 Å². The Bertz CT molecular complexity index is 470. The summed E-state index contributed by atoms with van der Waals surface area (Å²) in [4.78, 5) is 12.2. The topological polar surface area (TPSA) is 29.1 Å². The first-order chi connectivity index (χ1) is 8.13. The second kappa shape index (κ2) is 3.59. The number of carbonyl (C=O) groups excluding carboxylic acids is 1. The zero-order valence-electron chi connectivity index (χ0n) is 10.5. The van der Waals surface area contributed by atoms with Gasteiger partial charge in [0.25, 0.3) is 0 Å². The Morgan fingerprint density at radius 3 is 2.59 bits per heavy atom.